The van der Waals surface area contributed by atoms with Crippen molar-refractivity contribution in [1.82, 2.24) is 4.90 Å². The van der Waals surface area contributed by atoms with Crippen LogP contribution in [0.2, 0.25) is 0 Å². The summed E-state index contributed by atoms with van der Waals surface area (Å²) >= 11 is 0. The first kappa shape index (κ1) is 16.0. The number of carbonyl (C=O) groups is 1. The molecule has 0 radical (unpaired) electrons. The predicted octanol–water partition coefficient (Wildman–Crippen LogP) is 2.36. The topological polar surface area (TPSA) is 49.8 Å². The zero-order chi connectivity index (χ0) is 15.1. The van der Waals surface area contributed by atoms with E-state index in [-0.39, 0.29) is 12.3 Å². The van der Waals surface area contributed by atoms with E-state index < -0.39 is 5.60 Å². The Morgan fingerprint density at radius 1 is 1.29 bits per heavy atom. The first-order valence-corrected chi connectivity index (χ1v) is 7.67. The zero-order valence-electron chi connectivity index (χ0n) is 12.8. The molecule has 4 nitrogen and oxygen atoms in total. The molecular weight excluding hydrogens is 266 g/mol. The van der Waals surface area contributed by atoms with Gasteiger partial charge in [0.2, 0.25) is 5.91 Å². The van der Waals surface area contributed by atoms with Crippen LogP contribution in [0.25, 0.3) is 0 Å². The van der Waals surface area contributed by atoms with Crippen molar-refractivity contribution in [3.63, 3.8) is 0 Å². The molecule has 0 heterocycles. The minimum atomic E-state index is -0.768. The molecule has 2 rings (SSSR count). The SMILES string of the molecule is CN(CCOCc1ccccc1)C(=O)CC1(O)CCCC1. The fourth-order valence-corrected chi connectivity index (χ4v) is 2.72. The first-order chi connectivity index (χ1) is 10.1. The monoisotopic (exact) mass is 291 g/mol. The van der Waals surface area contributed by atoms with Gasteiger partial charge >= 0.3 is 0 Å². The summed E-state index contributed by atoms with van der Waals surface area (Å²) in [6.07, 6.45) is 3.78. The third-order valence-corrected chi connectivity index (χ3v) is 4.12. The van der Waals surface area contributed by atoms with Gasteiger partial charge in [-0.2, -0.15) is 0 Å². The van der Waals surface area contributed by atoms with Gasteiger partial charge in [-0.1, -0.05) is 43.2 Å². The molecule has 1 saturated carbocycles. The van der Waals surface area contributed by atoms with Crippen LogP contribution in [0.15, 0.2) is 30.3 Å². The van der Waals surface area contributed by atoms with E-state index in [1.807, 2.05) is 30.3 Å². The largest absolute Gasteiger partial charge is 0.389 e. The molecule has 0 bridgehead atoms. The summed E-state index contributed by atoms with van der Waals surface area (Å²) in [4.78, 5) is 13.7. The predicted molar refractivity (Wildman–Crippen MR) is 81.8 cm³/mol. The lowest BCUT2D eigenvalue weighted by molar-refractivity contribution is -0.135. The Kier molecular flexibility index (Phi) is 5.76. The number of aliphatic hydroxyl groups is 1. The van der Waals surface area contributed by atoms with Crippen molar-refractivity contribution in [2.24, 2.45) is 0 Å². The van der Waals surface area contributed by atoms with Crippen LogP contribution in [0.3, 0.4) is 0 Å². The quantitative estimate of drug-likeness (QED) is 0.785. The fraction of sp³-hybridized carbons (Fsp3) is 0.588. The van der Waals surface area contributed by atoms with Crippen molar-refractivity contribution in [2.75, 3.05) is 20.2 Å². The minimum Gasteiger partial charge on any atom is -0.389 e. The molecule has 1 aliphatic carbocycles. The van der Waals surface area contributed by atoms with Crippen LogP contribution in [0.4, 0.5) is 0 Å². The second-order valence-electron chi connectivity index (χ2n) is 5.96. The van der Waals surface area contributed by atoms with Gasteiger partial charge in [-0.05, 0) is 18.4 Å². The van der Waals surface area contributed by atoms with Gasteiger partial charge in [0.05, 0.1) is 25.2 Å². The van der Waals surface area contributed by atoms with Crippen molar-refractivity contribution in [1.29, 1.82) is 0 Å². The highest BCUT2D eigenvalue weighted by molar-refractivity contribution is 5.77. The molecule has 0 aliphatic heterocycles. The van der Waals surface area contributed by atoms with Crippen molar-refractivity contribution in [3.8, 4) is 0 Å². The Morgan fingerprint density at radius 3 is 2.62 bits per heavy atom. The van der Waals surface area contributed by atoms with Crippen LogP contribution in [-0.4, -0.2) is 41.7 Å². The highest BCUT2D eigenvalue weighted by Gasteiger charge is 2.34. The normalized spacial score (nSPS) is 16.9. The second kappa shape index (κ2) is 7.57. The van der Waals surface area contributed by atoms with Gasteiger partial charge in [-0.15, -0.1) is 0 Å². The third-order valence-electron chi connectivity index (χ3n) is 4.12. The molecule has 0 saturated heterocycles. The maximum Gasteiger partial charge on any atom is 0.225 e. The van der Waals surface area contributed by atoms with E-state index in [0.29, 0.717) is 19.8 Å². The van der Waals surface area contributed by atoms with E-state index in [1.54, 1.807) is 11.9 Å². The smallest absolute Gasteiger partial charge is 0.225 e. The lowest BCUT2D eigenvalue weighted by Crippen LogP contribution is -2.37. The van der Waals surface area contributed by atoms with Gasteiger partial charge < -0.3 is 14.7 Å². The van der Waals surface area contributed by atoms with Crippen LogP contribution in [0.5, 0.6) is 0 Å². The number of amides is 1. The zero-order valence-corrected chi connectivity index (χ0v) is 12.8. The van der Waals surface area contributed by atoms with Gasteiger partial charge in [0, 0.05) is 13.6 Å². The van der Waals surface area contributed by atoms with Gasteiger partial charge in [-0.25, -0.2) is 0 Å². The van der Waals surface area contributed by atoms with E-state index in [1.165, 1.54) is 0 Å². The number of carbonyl (C=O) groups excluding carboxylic acids is 1. The summed E-state index contributed by atoms with van der Waals surface area (Å²) in [7, 11) is 1.77. The van der Waals surface area contributed by atoms with Gasteiger partial charge in [0.15, 0.2) is 0 Å². The second-order valence-corrected chi connectivity index (χ2v) is 5.96. The lowest BCUT2D eigenvalue weighted by Gasteiger charge is -2.25. The van der Waals surface area contributed by atoms with Crippen molar-refractivity contribution < 1.29 is 14.6 Å². The number of ether oxygens (including phenoxy) is 1. The molecule has 1 fully saturated rings. The Balaban J connectivity index is 1.64. The molecule has 1 amide bonds. The number of benzene rings is 1. The number of rotatable bonds is 7. The lowest BCUT2D eigenvalue weighted by atomic mass is 9.97. The standard InChI is InChI=1S/C17H25NO3/c1-18(16(19)13-17(20)9-5-6-10-17)11-12-21-14-15-7-3-2-4-8-15/h2-4,7-8,20H,5-6,9-14H2,1H3. The maximum atomic E-state index is 12.1. The van der Waals surface area contributed by atoms with E-state index in [0.717, 1.165) is 31.2 Å². The molecule has 1 N–H and O–H groups in total. The van der Waals surface area contributed by atoms with Crippen LogP contribution in [0.1, 0.15) is 37.7 Å². The van der Waals surface area contributed by atoms with E-state index in [4.69, 9.17) is 4.74 Å². The number of nitrogens with zero attached hydrogens (tertiary/aromatic N) is 1. The molecule has 1 aromatic carbocycles. The Morgan fingerprint density at radius 2 is 1.95 bits per heavy atom. The summed E-state index contributed by atoms with van der Waals surface area (Å²) in [6, 6.07) is 9.98. The van der Waals surface area contributed by atoms with Crippen molar-refractivity contribution >= 4 is 5.91 Å². The van der Waals surface area contributed by atoms with Crippen LogP contribution in [-0.2, 0) is 16.1 Å². The molecule has 1 aromatic rings. The number of hydrogen-bond acceptors (Lipinski definition) is 3. The number of hydrogen-bond donors (Lipinski definition) is 1. The van der Waals surface area contributed by atoms with Crippen LogP contribution < -0.4 is 0 Å². The van der Waals surface area contributed by atoms with Gasteiger partial charge in [0.25, 0.3) is 0 Å². The summed E-state index contributed by atoms with van der Waals surface area (Å²) in [5.74, 6) is 0.00251. The molecule has 21 heavy (non-hydrogen) atoms. The Labute approximate surface area is 126 Å². The average Bonchev–Trinajstić information content (AvgIpc) is 2.90. The van der Waals surface area contributed by atoms with E-state index in [9.17, 15) is 9.90 Å². The van der Waals surface area contributed by atoms with E-state index >= 15 is 0 Å². The average molecular weight is 291 g/mol. The third kappa shape index (κ3) is 5.14. The molecule has 4 heteroatoms. The molecular formula is C17H25NO3. The van der Waals surface area contributed by atoms with Crippen LogP contribution >= 0.6 is 0 Å². The summed E-state index contributed by atoms with van der Waals surface area (Å²) in [5, 5.41) is 10.3. The first-order valence-electron chi connectivity index (χ1n) is 7.67. The van der Waals surface area contributed by atoms with Gasteiger partial charge in [-0.3, -0.25) is 4.79 Å². The summed E-state index contributed by atoms with van der Waals surface area (Å²) in [6.45, 7) is 1.63. The summed E-state index contributed by atoms with van der Waals surface area (Å²) in [5.41, 5.74) is 0.364. The molecule has 0 atom stereocenters. The van der Waals surface area contributed by atoms with E-state index in [2.05, 4.69) is 0 Å². The Bertz CT molecular complexity index is 441. The minimum absolute atomic E-state index is 0.00251. The highest BCUT2D eigenvalue weighted by atomic mass is 16.5. The maximum absolute atomic E-state index is 12.1. The molecule has 0 unspecified atom stereocenters. The molecule has 0 aromatic heterocycles. The molecule has 116 valence electrons. The Hall–Kier alpha value is -1.39. The highest BCUT2D eigenvalue weighted by Crippen LogP contribution is 2.32. The fourth-order valence-electron chi connectivity index (χ4n) is 2.72. The molecule has 1 aliphatic rings. The van der Waals surface area contributed by atoms with Gasteiger partial charge in [0.1, 0.15) is 0 Å². The number of likely N-dealkylation sites (N-methyl/N-ethyl adjacent to an activating group) is 1. The molecule has 0 spiro atoms. The van der Waals surface area contributed by atoms with Crippen molar-refractivity contribution in [3.05, 3.63) is 35.9 Å². The van der Waals surface area contributed by atoms with Crippen molar-refractivity contribution in [2.45, 2.75) is 44.3 Å². The van der Waals surface area contributed by atoms with Crippen LogP contribution in [0, 0.1) is 0 Å². The summed E-state index contributed by atoms with van der Waals surface area (Å²) < 4.78 is 5.58.